The van der Waals surface area contributed by atoms with Crippen LogP contribution in [0.15, 0.2) is 35.7 Å². The van der Waals surface area contributed by atoms with E-state index < -0.39 is 0 Å². The lowest BCUT2D eigenvalue weighted by Crippen LogP contribution is -2.03. The van der Waals surface area contributed by atoms with Crippen molar-refractivity contribution in [1.29, 1.82) is 0 Å². The summed E-state index contributed by atoms with van der Waals surface area (Å²) in [5.74, 6) is 2.47. The van der Waals surface area contributed by atoms with Crippen molar-refractivity contribution in [3.63, 3.8) is 0 Å². The van der Waals surface area contributed by atoms with Crippen LogP contribution < -0.4 is 10.6 Å². The standard InChI is InChI=1S/C15H16N4S/c1-3-13-18-14(16-2)9-15(19-13)17-11-4-5-12-10(8-11)6-7-20-12/h4-9H,3H2,1-2H3,(H2,16,17,18,19). The first kappa shape index (κ1) is 12.9. The zero-order chi connectivity index (χ0) is 13.9. The number of hydrogen-bond donors (Lipinski definition) is 2. The number of anilines is 3. The van der Waals surface area contributed by atoms with Crippen LogP contribution in [0.2, 0.25) is 0 Å². The molecule has 2 heterocycles. The molecular formula is C15H16N4S. The van der Waals surface area contributed by atoms with Crippen molar-refractivity contribution >= 4 is 38.7 Å². The lowest BCUT2D eigenvalue weighted by atomic mass is 10.2. The molecule has 0 spiro atoms. The molecule has 20 heavy (non-hydrogen) atoms. The summed E-state index contributed by atoms with van der Waals surface area (Å²) in [5.41, 5.74) is 1.04. The maximum atomic E-state index is 4.50. The van der Waals surface area contributed by atoms with Crippen LogP contribution in [0.3, 0.4) is 0 Å². The molecule has 2 N–H and O–H groups in total. The normalized spacial score (nSPS) is 10.7. The summed E-state index contributed by atoms with van der Waals surface area (Å²) in [4.78, 5) is 8.90. The van der Waals surface area contributed by atoms with Gasteiger partial charge in [-0.25, -0.2) is 9.97 Å². The van der Waals surface area contributed by atoms with Gasteiger partial charge in [-0.2, -0.15) is 0 Å². The van der Waals surface area contributed by atoms with Crippen molar-refractivity contribution in [3.05, 3.63) is 41.5 Å². The first-order valence-corrected chi connectivity index (χ1v) is 7.46. The SMILES string of the molecule is CCc1nc(NC)cc(Nc2ccc3sccc3c2)n1. The van der Waals surface area contributed by atoms with Gasteiger partial charge in [-0.15, -0.1) is 11.3 Å². The van der Waals surface area contributed by atoms with Crippen LogP contribution >= 0.6 is 11.3 Å². The van der Waals surface area contributed by atoms with Gasteiger partial charge in [0, 0.05) is 29.9 Å². The molecule has 5 heteroatoms. The molecule has 0 aliphatic carbocycles. The van der Waals surface area contributed by atoms with Crippen LogP contribution in [-0.2, 0) is 6.42 Å². The van der Waals surface area contributed by atoms with E-state index in [9.17, 15) is 0 Å². The molecule has 0 amide bonds. The van der Waals surface area contributed by atoms with E-state index in [1.54, 1.807) is 11.3 Å². The molecule has 0 saturated heterocycles. The van der Waals surface area contributed by atoms with Crippen LogP contribution in [0.25, 0.3) is 10.1 Å². The fourth-order valence-corrected chi connectivity index (χ4v) is 2.81. The van der Waals surface area contributed by atoms with E-state index in [-0.39, 0.29) is 0 Å². The van der Waals surface area contributed by atoms with Gasteiger partial charge in [0.15, 0.2) is 0 Å². The van der Waals surface area contributed by atoms with Gasteiger partial charge in [0.2, 0.25) is 0 Å². The average Bonchev–Trinajstić information content (AvgIpc) is 2.94. The lowest BCUT2D eigenvalue weighted by Gasteiger charge is -2.09. The first-order valence-electron chi connectivity index (χ1n) is 6.58. The predicted octanol–water partition coefficient (Wildman–Crippen LogP) is 4.04. The van der Waals surface area contributed by atoms with Gasteiger partial charge in [0.25, 0.3) is 0 Å². The predicted molar refractivity (Wildman–Crippen MR) is 86.1 cm³/mol. The van der Waals surface area contributed by atoms with E-state index in [0.29, 0.717) is 0 Å². The van der Waals surface area contributed by atoms with Crippen molar-refractivity contribution in [3.8, 4) is 0 Å². The Labute approximate surface area is 121 Å². The number of nitrogens with zero attached hydrogens (tertiary/aromatic N) is 2. The topological polar surface area (TPSA) is 49.8 Å². The Morgan fingerprint density at radius 1 is 1.10 bits per heavy atom. The van der Waals surface area contributed by atoms with Crippen LogP contribution in [0.4, 0.5) is 17.3 Å². The van der Waals surface area contributed by atoms with Crippen LogP contribution in [0, 0.1) is 0 Å². The van der Waals surface area contributed by atoms with Gasteiger partial charge in [0.05, 0.1) is 0 Å². The Morgan fingerprint density at radius 2 is 1.95 bits per heavy atom. The molecule has 0 aliphatic rings. The van der Waals surface area contributed by atoms with E-state index in [2.05, 4.69) is 57.2 Å². The third-order valence-electron chi connectivity index (χ3n) is 3.07. The van der Waals surface area contributed by atoms with Crippen molar-refractivity contribution in [2.45, 2.75) is 13.3 Å². The van der Waals surface area contributed by atoms with Crippen molar-refractivity contribution in [2.75, 3.05) is 17.7 Å². The van der Waals surface area contributed by atoms with Gasteiger partial charge in [-0.05, 0) is 35.0 Å². The number of hydrogen-bond acceptors (Lipinski definition) is 5. The molecule has 0 unspecified atom stereocenters. The molecule has 0 fully saturated rings. The number of benzene rings is 1. The number of rotatable bonds is 4. The molecule has 0 bridgehead atoms. The van der Waals surface area contributed by atoms with Crippen molar-refractivity contribution < 1.29 is 0 Å². The van der Waals surface area contributed by atoms with Crippen LogP contribution in [-0.4, -0.2) is 17.0 Å². The molecule has 1 aromatic carbocycles. The van der Waals surface area contributed by atoms with Gasteiger partial charge < -0.3 is 10.6 Å². The number of thiophene rings is 1. The van der Waals surface area contributed by atoms with Gasteiger partial charge >= 0.3 is 0 Å². The second-order valence-electron chi connectivity index (χ2n) is 4.46. The average molecular weight is 284 g/mol. The van der Waals surface area contributed by atoms with E-state index >= 15 is 0 Å². The Bertz CT molecular complexity index is 713. The number of aryl methyl sites for hydroxylation is 1. The van der Waals surface area contributed by atoms with Crippen LogP contribution in [0.5, 0.6) is 0 Å². The van der Waals surface area contributed by atoms with E-state index in [1.807, 2.05) is 13.1 Å². The summed E-state index contributed by atoms with van der Waals surface area (Å²) in [6.45, 7) is 2.05. The molecule has 0 saturated carbocycles. The molecule has 0 radical (unpaired) electrons. The molecule has 3 aromatic rings. The Morgan fingerprint density at radius 3 is 2.75 bits per heavy atom. The summed E-state index contributed by atoms with van der Waals surface area (Å²) in [6, 6.07) is 10.4. The highest BCUT2D eigenvalue weighted by Crippen LogP contribution is 2.26. The highest BCUT2D eigenvalue weighted by Gasteiger charge is 2.04. The number of nitrogens with one attached hydrogen (secondary N) is 2. The minimum Gasteiger partial charge on any atom is -0.373 e. The summed E-state index contributed by atoms with van der Waals surface area (Å²) in [5, 5.41) is 9.77. The summed E-state index contributed by atoms with van der Waals surface area (Å²) in [7, 11) is 1.86. The fraction of sp³-hybridized carbons (Fsp3) is 0.200. The van der Waals surface area contributed by atoms with Gasteiger partial charge in [-0.1, -0.05) is 6.92 Å². The summed E-state index contributed by atoms with van der Waals surface area (Å²) < 4.78 is 1.29. The Kier molecular flexibility index (Phi) is 3.52. The Balaban J connectivity index is 1.92. The maximum Gasteiger partial charge on any atom is 0.136 e. The molecule has 2 aromatic heterocycles. The van der Waals surface area contributed by atoms with Gasteiger partial charge in [-0.3, -0.25) is 0 Å². The smallest absolute Gasteiger partial charge is 0.136 e. The second kappa shape index (κ2) is 5.46. The molecule has 0 aliphatic heterocycles. The van der Waals surface area contributed by atoms with E-state index in [4.69, 9.17) is 0 Å². The molecule has 4 nitrogen and oxygen atoms in total. The number of fused-ring (bicyclic) bond motifs is 1. The quantitative estimate of drug-likeness (QED) is 0.759. The lowest BCUT2D eigenvalue weighted by molar-refractivity contribution is 0.945. The highest BCUT2D eigenvalue weighted by atomic mass is 32.1. The maximum absolute atomic E-state index is 4.50. The van der Waals surface area contributed by atoms with Crippen molar-refractivity contribution in [1.82, 2.24) is 9.97 Å². The van der Waals surface area contributed by atoms with E-state index in [0.717, 1.165) is 29.6 Å². The van der Waals surface area contributed by atoms with Gasteiger partial charge in [0.1, 0.15) is 17.5 Å². The zero-order valence-corrected chi connectivity index (χ0v) is 12.3. The number of aromatic nitrogens is 2. The third-order valence-corrected chi connectivity index (χ3v) is 3.97. The summed E-state index contributed by atoms with van der Waals surface area (Å²) in [6.07, 6.45) is 0.813. The third kappa shape index (κ3) is 2.58. The zero-order valence-electron chi connectivity index (χ0n) is 11.5. The second-order valence-corrected chi connectivity index (χ2v) is 5.40. The molecular weight excluding hydrogens is 268 g/mol. The highest BCUT2D eigenvalue weighted by molar-refractivity contribution is 7.17. The van der Waals surface area contributed by atoms with E-state index in [1.165, 1.54) is 10.1 Å². The minimum absolute atomic E-state index is 0.813. The minimum atomic E-state index is 0.813. The summed E-state index contributed by atoms with van der Waals surface area (Å²) >= 11 is 1.75. The Hall–Kier alpha value is -2.14. The van der Waals surface area contributed by atoms with Crippen LogP contribution in [0.1, 0.15) is 12.7 Å². The molecule has 102 valence electrons. The largest absolute Gasteiger partial charge is 0.373 e. The van der Waals surface area contributed by atoms with Crippen molar-refractivity contribution in [2.24, 2.45) is 0 Å². The first-order chi connectivity index (χ1) is 9.78. The monoisotopic (exact) mass is 284 g/mol. The molecule has 0 atom stereocenters. The molecule has 3 rings (SSSR count). The fourth-order valence-electron chi connectivity index (χ4n) is 2.04.